The number of nitrogens with zero attached hydrogens (tertiary/aromatic N) is 2. The van der Waals surface area contributed by atoms with Gasteiger partial charge in [0, 0.05) is 17.0 Å². The fraction of sp³-hybridized carbons (Fsp3) is 0.167. The predicted octanol–water partition coefficient (Wildman–Crippen LogP) is 4.15. The van der Waals surface area contributed by atoms with Crippen LogP contribution in [0.15, 0.2) is 24.5 Å². The summed E-state index contributed by atoms with van der Waals surface area (Å²) in [6.07, 6.45) is -7.75. The summed E-state index contributed by atoms with van der Waals surface area (Å²) in [6, 6.07) is 1.47. The molecule has 0 aliphatic rings. The zero-order valence-corrected chi connectivity index (χ0v) is 9.97. The van der Waals surface area contributed by atoms with Crippen molar-refractivity contribution < 1.29 is 26.3 Å². The SMILES string of the molecule is FC(F)(F)c1cnc2[nH]c3cnc(C(F)(F)F)cc3c2c1. The Kier molecular flexibility index (Phi) is 2.66. The number of hydrogen-bond donors (Lipinski definition) is 1. The van der Waals surface area contributed by atoms with E-state index < -0.39 is 23.6 Å². The van der Waals surface area contributed by atoms with Gasteiger partial charge in [0.2, 0.25) is 0 Å². The molecule has 3 rings (SSSR count). The molecule has 1 N–H and O–H groups in total. The maximum Gasteiger partial charge on any atom is 0.433 e. The van der Waals surface area contributed by atoms with Gasteiger partial charge in [-0.15, -0.1) is 0 Å². The van der Waals surface area contributed by atoms with Gasteiger partial charge in [0.1, 0.15) is 11.3 Å². The van der Waals surface area contributed by atoms with E-state index >= 15 is 0 Å². The Morgan fingerprint density at radius 1 is 0.810 bits per heavy atom. The quantitative estimate of drug-likeness (QED) is 0.634. The van der Waals surface area contributed by atoms with Crippen LogP contribution in [-0.4, -0.2) is 15.0 Å². The largest absolute Gasteiger partial charge is 0.433 e. The molecule has 0 amide bonds. The van der Waals surface area contributed by atoms with E-state index in [1.807, 2.05) is 0 Å². The third kappa shape index (κ3) is 2.28. The van der Waals surface area contributed by atoms with Crippen molar-refractivity contribution >= 4 is 21.9 Å². The second-order valence-electron chi connectivity index (χ2n) is 4.36. The Balaban J connectivity index is 2.31. The zero-order valence-electron chi connectivity index (χ0n) is 9.97. The normalized spacial score (nSPS) is 13.2. The van der Waals surface area contributed by atoms with Gasteiger partial charge in [-0.2, -0.15) is 26.3 Å². The predicted molar refractivity (Wildman–Crippen MR) is 61.4 cm³/mol. The lowest BCUT2D eigenvalue weighted by Gasteiger charge is -2.06. The first-order valence-corrected chi connectivity index (χ1v) is 5.58. The van der Waals surface area contributed by atoms with Gasteiger partial charge in [0.05, 0.1) is 17.3 Å². The average molecular weight is 305 g/mol. The molecule has 9 heteroatoms. The van der Waals surface area contributed by atoms with Crippen molar-refractivity contribution in [1.29, 1.82) is 0 Å². The number of alkyl halides is 6. The van der Waals surface area contributed by atoms with Gasteiger partial charge >= 0.3 is 12.4 Å². The topological polar surface area (TPSA) is 41.6 Å². The van der Waals surface area contributed by atoms with Gasteiger partial charge in [0.25, 0.3) is 0 Å². The smallest absolute Gasteiger partial charge is 0.338 e. The van der Waals surface area contributed by atoms with Gasteiger partial charge in [0.15, 0.2) is 0 Å². The van der Waals surface area contributed by atoms with Crippen molar-refractivity contribution in [2.24, 2.45) is 0 Å². The van der Waals surface area contributed by atoms with Gasteiger partial charge in [-0.3, -0.25) is 0 Å². The van der Waals surface area contributed by atoms with Gasteiger partial charge in [-0.05, 0) is 12.1 Å². The summed E-state index contributed by atoms with van der Waals surface area (Å²) >= 11 is 0. The lowest BCUT2D eigenvalue weighted by Crippen LogP contribution is -2.07. The van der Waals surface area contributed by atoms with E-state index in [0.29, 0.717) is 12.3 Å². The summed E-state index contributed by atoms with van der Waals surface area (Å²) in [4.78, 5) is 9.46. The molecule has 0 unspecified atom stereocenters. The fourth-order valence-electron chi connectivity index (χ4n) is 1.99. The van der Waals surface area contributed by atoms with Crippen molar-refractivity contribution in [3.63, 3.8) is 0 Å². The van der Waals surface area contributed by atoms with Crippen LogP contribution in [0.2, 0.25) is 0 Å². The third-order valence-corrected chi connectivity index (χ3v) is 2.95. The van der Waals surface area contributed by atoms with E-state index in [2.05, 4.69) is 15.0 Å². The van der Waals surface area contributed by atoms with Crippen molar-refractivity contribution in [2.45, 2.75) is 12.4 Å². The molecule has 110 valence electrons. The number of hydrogen-bond acceptors (Lipinski definition) is 2. The summed E-state index contributed by atoms with van der Waals surface area (Å²) in [7, 11) is 0. The number of H-pyrrole nitrogens is 1. The first-order valence-electron chi connectivity index (χ1n) is 5.58. The number of pyridine rings is 2. The monoisotopic (exact) mass is 305 g/mol. The minimum Gasteiger partial charge on any atom is -0.338 e. The highest BCUT2D eigenvalue weighted by atomic mass is 19.4. The zero-order chi connectivity index (χ0) is 15.4. The number of halogens is 6. The molecule has 0 atom stereocenters. The molecule has 3 aromatic rings. The molecule has 0 spiro atoms. The highest BCUT2D eigenvalue weighted by molar-refractivity contribution is 6.05. The Hall–Kier alpha value is -2.32. The Labute approximate surface area is 112 Å². The molecule has 0 saturated heterocycles. The Bertz CT molecular complexity index is 762. The maximum atomic E-state index is 12.6. The Morgan fingerprint density at radius 2 is 1.52 bits per heavy atom. The molecule has 3 nitrogen and oxygen atoms in total. The van der Waals surface area contributed by atoms with Crippen molar-refractivity contribution in [3.8, 4) is 0 Å². The van der Waals surface area contributed by atoms with Crippen LogP contribution in [0.3, 0.4) is 0 Å². The first-order chi connectivity index (χ1) is 9.66. The molecule has 3 heterocycles. The van der Waals surface area contributed by atoms with Gasteiger partial charge in [-0.25, -0.2) is 9.97 Å². The van der Waals surface area contributed by atoms with Crippen molar-refractivity contribution in [1.82, 2.24) is 15.0 Å². The molecule has 21 heavy (non-hydrogen) atoms. The summed E-state index contributed by atoms with van der Waals surface area (Å²) in [5.74, 6) is 0. The standard InChI is InChI=1S/C12H5F6N3/c13-11(14,15)5-1-7-6-2-9(12(16,17)18)19-4-8(6)21-10(7)20-3-5/h1-4H,(H,20,21). The second-order valence-corrected chi connectivity index (χ2v) is 4.36. The highest BCUT2D eigenvalue weighted by Crippen LogP contribution is 2.35. The van der Waals surface area contributed by atoms with E-state index in [4.69, 9.17) is 0 Å². The van der Waals surface area contributed by atoms with E-state index in [9.17, 15) is 26.3 Å². The van der Waals surface area contributed by atoms with Crippen LogP contribution in [0.25, 0.3) is 21.9 Å². The molecule has 0 radical (unpaired) electrons. The lowest BCUT2D eigenvalue weighted by molar-refractivity contribution is -0.141. The molecule has 0 aromatic carbocycles. The first kappa shape index (κ1) is 13.7. The van der Waals surface area contributed by atoms with Crippen LogP contribution >= 0.6 is 0 Å². The Morgan fingerprint density at radius 3 is 2.14 bits per heavy atom. The number of aromatic amines is 1. The number of aromatic nitrogens is 3. The summed E-state index contributed by atoms with van der Waals surface area (Å²) in [6.45, 7) is 0. The lowest BCUT2D eigenvalue weighted by atomic mass is 10.1. The van der Waals surface area contributed by atoms with Gasteiger partial charge < -0.3 is 4.98 Å². The molecule has 0 fully saturated rings. The number of nitrogens with one attached hydrogen (secondary N) is 1. The molecule has 0 saturated carbocycles. The average Bonchev–Trinajstić information content (AvgIpc) is 2.73. The minimum absolute atomic E-state index is 0.00840. The molecule has 0 bridgehead atoms. The van der Waals surface area contributed by atoms with E-state index in [0.717, 1.165) is 12.3 Å². The molecular weight excluding hydrogens is 300 g/mol. The summed E-state index contributed by atoms with van der Waals surface area (Å²) < 4.78 is 75.8. The highest BCUT2D eigenvalue weighted by Gasteiger charge is 2.34. The van der Waals surface area contributed by atoms with E-state index in [1.165, 1.54) is 0 Å². The summed E-state index contributed by atoms with van der Waals surface area (Å²) in [5.41, 5.74) is -1.95. The van der Waals surface area contributed by atoms with Crippen LogP contribution in [0.4, 0.5) is 26.3 Å². The second kappa shape index (κ2) is 4.09. The van der Waals surface area contributed by atoms with Crippen molar-refractivity contribution in [2.75, 3.05) is 0 Å². The summed E-state index contributed by atoms with van der Waals surface area (Å²) in [5, 5.41) is -0.0429. The van der Waals surface area contributed by atoms with Crippen molar-refractivity contribution in [3.05, 3.63) is 35.8 Å². The molecule has 3 aromatic heterocycles. The van der Waals surface area contributed by atoms with Crippen LogP contribution in [0.1, 0.15) is 11.3 Å². The van der Waals surface area contributed by atoms with Crippen LogP contribution < -0.4 is 0 Å². The minimum atomic E-state index is -4.67. The molecule has 0 aliphatic heterocycles. The molecule has 0 aliphatic carbocycles. The number of rotatable bonds is 0. The van der Waals surface area contributed by atoms with Crippen LogP contribution in [0.5, 0.6) is 0 Å². The van der Waals surface area contributed by atoms with E-state index in [-0.39, 0.29) is 21.9 Å². The maximum absolute atomic E-state index is 12.6. The third-order valence-electron chi connectivity index (χ3n) is 2.95. The van der Waals surface area contributed by atoms with Gasteiger partial charge in [-0.1, -0.05) is 0 Å². The molecular formula is C12H5F6N3. The van der Waals surface area contributed by atoms with Crippen LogP contribution in [0, 0.1) is 0 Å². The number of fused-ring (bicyclic) bond motifs is 3. The van der Waals surface area contributed by atoms with E-state index in [1.54, 1.807) is 0 Å². The fourth-order valence-corrected chi connectivity index (χ4v) is 1.99. The van der Waals surface area contributed by atoms with Crippen LogP contribution in [-0.2, 0) is 12.4 Å².